The Kier molecular flexibility index (Phi) is 4.74. The summed E-state index contributed by atoms with van der Waals surface area (Å²) in [5.74, 6) is 0.0128. The van der Waals surface area contributed by atoms with Gasteiger partial charge in [0.15, 0.2) is 0 Å². The number of aromatic nitrogens is 2. The molecule has 0 amide bonds. The molecule has 0 atom stereocenters. The first kappa shape index (κ1) is 16.6. The number of ether oxygens (including phenoxy) is 1. The van der Waals surface area contributed by atoms with Gasteiger partial charge in [0.1, 0.15) is 23.2 Å². The summed E-state index contributed by atoms with van der Waals surface area (Å²) < 4.78 is 32.1. The second-order valence-electron chi connectivity index (χ2n) is 5.29. The molecule has 0 unspecified atom stereocenters. The van der Waals surface area contributed by atoms with E-state index < -0.39 is 11.6 Å². The molecule has 0 fully saturated rings. The van der Waals surface area contributed by atoms with E-state index in [2.05, 4.69) is 20.6 Å². The third-order valence-corrected chi connectivity index (χ3v) is 3.40. The van der Waals surface area contributed by atoms with E-state index in [1.807, 2.05) is 24.3 Å². The fourth-order valence-electron chi connectivity index (χ4n) is 2.29. The highest BCUT2D eigenvalue weighted by molar-refractivity contribution is 5.65. The monoisotopic (exact) mass is 342 g/mol. The van der Waals surface area contributed by atoms with Crippen molar-refractivity contribution in [1.29, 1.82) is 0 Å². The Hall–Kier alpha value is -3.22. The normalized spacial score (nSPS) is 10.4. The molecule has 1 aromatic heterocycles. The van der Waals surface area contributed by atoms with Crippen LogP contribution in [0.1, 0.15) is 5.69 Å². The highest BCUT2D eigenvalue weighted by Gasteiger charge is 2.09. The first-order chi connectivity index (χ1) is 12.0. The quantitative estimate of drug-likeness (QED) is 0.712. The molecule has 5 nitrogen and oxygen atoms in total. The van der Waals surface area contributed by atoms with Crippen LogP contribution in [0.5, 0.6) is 5.75 Å². The van der Waals surface area contributed by atoms with Crippen molar-refractivity contribution < 1.29 is 13.5 Å². The van der Waals surface area contributed by atoms with Gasteiger partial charge in [-0.1, -0.05) is 12.1 Å². The van der Waals surface area contributed by atoms with E-state index in [0.717, 1.165) is 17.8 Å². The maximum Gasteiger partial charge on any atom is 0.229 e. The number of benzene rings is 2. The van der Waals surface area contributed by atoms with Gasteiger partial charge in [0.25, 0.3) is 0 Å². The minimum atomic E-state index is -0.718. The summed E-state index contributed by atoms with van der Waals surface area (Å²) in [6.07, 6.45) is 0. The van der Waals surface area contributed by atoms with Crippen LogP contribution < -0.4 is 15.4 Å². The van der Waals surface area contributed by atoms with E-state index in [1.54, 1.807) is 20.1 Å². The number of rotatable bonds is 5. The highest BCUT2D eigenvalue weighted by atomic mass is 19.1. The van der Waals surface area contributed by atoms with Gasteiger partial charge >= 0.3 is 0 Å². The zero-order valence-electron chi connectivity index (χ0n) is 13.7. The molecule has 0 bridgehead atoms. The average Bonchev–Trinajstić information content (AvgIpc) is 2.57. The van der Waals surface area contributed by atoms with Gasteiger partial charge in [-0.25, -0.2) is 13.8 Å². The van der Waals surface area contributed by atoms with Crippen LogP contribution in [0.15, 0.2) is 48.5 Å². The van der Waals surface area contributed by atoms with Crippen LogP contribution in [-0.2, 0) is 0 Å². The standard InChI is InChI=1S/C18H16F2N4O/c1-11-9-17(22-15-5-3-4-6-16(15)25-2)24-18(21-11)23-14-8-7-12(19)10-13(14)20/h3-10H,1-2H3,(H2,21,22,23,24). The van der Waals surface area contributed by atoms with E-state index in [0.29, 0.717) is 17.3 Å². The van der Waals surface area contributed by atoms with Crippen molar-refractivity contribution in [3.63, 3.8) is 0 Å². The van der Waals surface area contributed by atoms with Crippen LogP contribution in [-0.4, -0.2) is 17.1 Å². The zero-order chi connectivity index (χ0) is 17.8. The number of aryl methyl sites for hydroxylation is 1. The van der Waals surface area contributed by atoms with Gasteiger partial charge in [0.2, 0.25) is 5.95 Å². The fraction of sp³-hybridized carbons (Fsp3) is 0.111. The molecule has 0 radical (unpaired) electrons. The van der Waals surface area contributed by atoms with Crippen LogP contribution in [0.4, 0.5) is 31.9 Å². The molecular formula is C18H16F2N4O. The minimum Gasteiger partial charge on any atom is -0.495 e. The Labute approximate surface area is 143 Å². The number of nitrogens with one attached hydrogen (secondary N) is 2. The Balaban J connectivity index is 1.87. The molecule has 0 saturated heterocycles. The van der Waals surface area contributed by atoms with Gasteiger partial charge < -0.3 is 15.4 Å². The van der Waals surface area contributed by atoms with Crippen LogP contribution >= 0.6 is 0 Å². The van der Waals surface area contributed by atoms with Gasteiger partial charge in [-0.05, 0) is 31.2 Å². The maximum absolute atomic E-state index is 13.8. The third-order valence-electron chi connectivity index (χ3n) is 3.40. The molecule has 0 aliphatic carbocycles. The van der Waals surface area contributed by atoms with Crippen molar-refractivity contribution in [3.05, 3.63) is 65.9 Å². The van der Waals surface area contributed by atoms with Crippen molar-refractivity contribution in [2.45, 2.75) is 6.92 Å². The number of hydrogen-bond acceptors (Lipinski definition) is 5. The van der Waals surface area contributed by atoms with Crippen LogP contribution in [0.3, 0.4) is 0 Å². The summed E-state index contributed by atoms with van der Waals surface area (Å²) in [4.78, 5) is 8.54. The number of methoxy groups -OCH3 is 1. The Morgan fingerprint density at radius 3 is 2.48 bits per heavy atom. The second-order valence-corrected chi connectivity index (χ2v) is 5.29. The first-order valence-electron chi connectivity index (χ1n) is 7.53. The van der Waals surface area contributed by atoms with E-state index in [4.69, 9.17) is 4.74 Å². The van der Waals surface area contributed by atoms with E-state index in [1.165, 1.54) is 6.07 Å². The lowest BCUT2D eigenvalue weighted by Crippen LogP contribution is -2.04. The Morgan fingerprint density at radius 2 is 1.72 bits per heavy atom. The van der Waals surface area contributed by atoms with Crippen molar-refractivity contribution >= 4 is 23.1 Å². The minimum absolute atomic E-state index is 0.0928. The van der Waals surface area contributed by atoms with Gasteiger partial charge in [-0.15, -0.1) is 0 Å². The van der Waals surface area contributed by atoms with Crippen LogP contribution in [0.2, 0.25) is 0 Å². The SMILES string of the molecule is COc1ccccc1Nc1cc(C)nc(Nc2ccc(F)cc2F)n1. The number of halogens is 2. The maximum atomic E-state index is 13.8. The summed E-state index contributed by atoms with van der Waals surface area (Å²) >= 11 is 0. The molecule has 0 spiro atoms. The summed E-state index contributed by atoms with van der Waals surface area (Å²) in [6.45, 7) is 1.79. The van der Waals surface area contributed by atoms with Crippen LogP contribution in [0, 0.1) is 18.6 Å². The molecule has 0 aliphatic heterocycles. The average molecular weight is 342 g/mol. The lowest BCUT2D eigenvalue weighted by Gasteiger charge is -2.12. The number of para-hydroxylation sites is 2. The highest BCUT2D eigenvalue weighted by Crippen LogP contribution is 2.27. The molecule has 2 N–H and O–H groups in total. The van der Waals surface area contributed by atoms with Crippen molar-refractivity contribution in [3.8, 4) is 5.75 Å². The smallest absolute Gasteiger partial charge is 0.229 e. The topological polar surface area (TPSA) is 59.1 Å². The van der Waals surface area contributed by atoms with Crippen LogP contribution in [0.25, 0.3) is 0 Å². The van der Waals surface area contributed by atoms with Crippen molar-refractivity contribution in [2.75, 3.05) is 17.7 Å². The molecule has 0 saturated carbocycles. The molecule has 3 aromatic rings. The summed E-state index contributed by atoms with van der Waals surface area (Å²) in [5, 5.41) is 5.90. The fourth-order valence-corrected chi connectivity index (χ4v) is 2.29. The summed E-state index contributed by atoms with van der Waals surface area (Å²) in [6, 6.07) is 12.4. The second kappa shape index (κ2) is 7.12. The number of anilines is 4. The first-order valence-corrected chi connectivity index (χ1v) is 7.53. The molecule has 25 heavy (non-hydrogen) atoms. The molecule has 128 valence electrons. The molecule has 0 aliphatic rings. The number of hydrogen-bond donors (Lipinski definition) is 2. The van der Waals surface area contributed by atoms with Gasteiger partial charge in [0, 0.05) is 17.8 Å². The lowest BCUT2D eigenvalue weighted by atomic mass is 10.3. The predicted octanol–water partition coefficient (Wildman–Crippen LogP) is 4.56. The molecule has 2 aromatic carbocycles. The van der Waals surface area contributed by atoms with E-state index in [-0.39, 0.29) is 11.6 Å². The molecule has 3 rings (SSSR count). The molecular weight excluding hydrogens is 326 g/mol. The molecule has 1 heterocycles. The van der Waals surface area contributed by atoms with E-state index in [9.17, 15) is 8.78 Å². The number of nitrogens with zero attached hydrogens (tertiary/aromatic N) is 2. The Morgan fingerprint density at radius 1 is 0.920 bits per heavy atom. The van der Waals surface area contributed by atoms with Gasteiger partial charge in [-0.2, -0.15) is 4.98 Å². The lowest BCUT2D eigenvalue weighted by molar-refractivity contribution is 0.417. The Bertz CT molecular complexity index is 902. The zero-order valence-corrected chi connectivity index (χ0v) is 13.7. The van der Waals surface area contributed by atoms with Crippen molar-refractivity contribution in [1.82, 2.24) is 9.97 Å². The van der Waals surface area contributed by atoms with Gasteiger partial charge in [0.05, 0.1) is 18.5 Å². The predicted molar refractivity (Wildman–Crippen MR) is 92.7 cm³/mol. The largest absolute Gasteiger partial charge is 0.495 e. The third kappa shape index (κ3) is 4.00. The van der Waals surface area contributed by atoms with Gasteiger partial charge in [-0.3, -0.25) is 0 Å². The van der Waals surface area contributed by atoms with Crippen molar-refractivity contribution in [2.24, 2.45) is 0 Å². The summed E-state index contributed by atoms with van der Waals surface area (Å²) in [5.41, 5.74) is 1.51. The summed E-state index contributed by atoms with van der Waals surface area (Å²) in [7, 11) is 1.58. The molecule has 7 heteroatoms. The van der Waals surface area contributed by atoms with E-state index >= 15 is 0 Å².